The van der Waals surface area contributed by atoms with Crippen LogP contribution in [0.1, 0.15) is 26.8 Å². The number of likely N-dealkylation sites (N-methyl/N-ethyl adjacent to an activating group) is 1. The molecule has 0 aromatic heterocycles. The monoisotopic (exact) mass is 313 g/mol. The Balaban J connectivity index is 0.000000370. The molecule has 0 bridgehead atoms. The van der Waals surface area contributed by atoms with Crippen LogP contribution in [-0.4, -0.2) is 43.1 Å². The van der Waals surface area contributed by atoms with Crippen molar-refractivity contribution in [2.24, 2.45) is 0 Å². The SMILES string of the molecule is C.CC1=CN(C)N(C)C1C.Cc1ccc(S(=O)(=O)[O-])cc1. The van der Waals surface area contributed by atoms with Gasteiger partial charge in [0.25, 0.3) is 0 Å². The van der Waals surface area contributed by atoms with E-state index in [1.807, 2.05) is 6.92 Å². The first-order valence-corrected chi connectivity index (χ1v) is 7.70. The van der Waals surface area contributed by atoms with E-state index in [1.54, 1.807) is 12.1 Å². The molecule has 5 nitrogen and oxygen atoms in total. The molecular formula is C15H25N2O3S-. The van der Waals surface area contributed by atoms with Crippen molar-refractivity contribution in [3.63, 3.8) is 0 Å². The predicted molar refractivity (Wildman–Crippen MR) is 84.6 cm³/mol. The van der Waals surface area contributed by atoms with Gasteiger partial charge in [-0.1, -0.05) is 25.1 Å². The summed E-state index contributed by atoms with van der Waals surface area (Å²) < 4.78 is 31.2. The van der Waals surface area contributed by atoms with Crippen molar-refractivity contribution in [3.8, 4) is 0 Å². The molecule has 0 amide bonds. The van der Waals surface area contributed by atoms with Gasteiger partial charge in [0.05, 0.1) is 4.90 Å². The van der Waals surface area contributed by atoms with E-state index in [9.17, 15) is 13.0 Å². The Morgan fingerprint density at radius 3 is 1.81 bits per heavy atom. The molecule has 1 aliphatic rings. The molecule has 1 aromatic carbocycles. The molecule has 0 saturated heterocycles. The summed E-state index contributed by atoms with van der Waals surface area (Å²) in [6.45, 7) is 6.18. The maximum atomic E-state index is 10.4. The lowest BCUT2D eigenvalue weighted by Gasteiger charge is -2.24. The number of nitrogens with zero attached hydrogens (tertiary/aromatic N) is 2. The Morgan fingerprint density at radius 2 is 1.57 bits per heavy atom. The zero-order chi connectivity index (χ0) is 15.5. The molecule has 0 radical (unpaired) electrons. The Hall–Kier alpha value is -1.37. The summed E-state index contributed by atoms with van der Waals surface area (Å²) in [5.74, 6) is 0. The number of aryl methyl sites for hydroxylation is 1. The number of hydrogen-bond donors (Lipinski definition) is 0. The first kappa shape index (κ1) is 19.6. The molecule has 21 heavy (non-hydrogen) atoms. The summed E-state index contributed by atoms with van der Waals surface area (Å²) in [7, 11) is -0.112. The van der Waals surface area contributed by atoms with Gasteiger partial charge >= 0.3 is 0 Å². The minimum atomic E-state index is -4.27. The molecule has 1 unspecified atom stereocenters. The molecule has 1 atom stereocenters. The highest BCUT2D eigenvalue weighted by Crippen LogP contribution is 2.17. The number of hydrogen-bond acceptors (Lipinski definition) is 5. The fourth-order valence-corrected chi connectivity index (χ4v) is 2.24. The first-order chi connectivity index (χ1) is 9.12. The minimum Gasteiger partial charge on any atom is -0.744 e. The number of rotatable bonds is 1. The third kappa shape index (κ3) is 5.49. The highest BCUT2D eigenvalue weighted by Gasteiger charge is 2.19. The van der Waals surface area contributed by atoms with Crippen molar-refractivity contribution in [1.29, 1.82) is 0 Å². The highest BCUT2D eigenvalue weighted by molar-refractivity contribution is 7.85. The van der Waals surface area contributed by atoms with Crippen LogP contribution in [-0.2, 0) is 10.1 Å². The first-order valence-electron chi connectivity index (χ1n) is 6.29. The maximum absolute atomic E-state index is 10.4. The molecule has 0 fully saturated rings. The second-order valence-electron chi connectivity index (χ2n) is 4.96. The average molecular weight is 313 g/mol. The molecule has 0 N–H and O–H groups in total. The third-order valence-electron chi connectivity index (χ3n) is 3.42. The Kier molecular flexibility index (Phi) is 7.09. The molecule has 0 spiro atoms. The zero-order valence-electron chi connectivity index (χ0n) is 12.5. The predicted octanol–water partition coefficient (Wildman–Crippen LogP) is 2.61. The van der Waals surface area contributed by atoms with Gasteiger partial charge in [-0.2, -0.15) is 0 Å². The van der Waals surface area contributed by atoms with Gasteiger partial charge in [0.2, 0.25) is 0 Å². The van der Waals surface area contributed by atoms with Gasteiger partial charge in [-0.15, -0.1) is 0 Å². The number of hydrazine groups is 1. The highest BCUT2D eigenvalue weighted by atomic mass is 32.2. The van der Waals surface area contributed by atoms with E-state index >= 15 is 0 Å². The van der Waals surface area contributed by atoms with Crippen molar-refractivity contribution in [2.45, 2.75) is 39.1 Å². The molecule has 0 aliphatic carbocycles. The Morgan fingerprint density at radius 1 is 1.10 bits per heavy atom. The van der Waals surface area contributed by atoms with Crippen LogP contribution in [0.4, 0.5) is 0 Å². The molecular weight excluding hydrogens is 288 g/mol. The molecule has 6 heteroatoms. The summed E-state index contributed by atoms with van der Waals surface area (Å²) in [5.41, 5.74) is 2.36. The zero-order valence-corrected chi connectivity index (χ0v) is 13.3. The fourth-order valence-electron chi connectivity index (χ4n) is 1.77. The van der Waals surface area contributed by atoms with E-state index in [0.29, 0.717) is 6.04 Å². The third-order valence-corrected chi connectivity index (χ3v) is 4.27. The normalized spacial score (nSPS) is 18.5. The van der Waals surface area contributed by atoms with E-state index in [4.69, 9.17) is 0 Å². The van der Waals surface area contributed by atoms with Crippen molar-refractivity contribution in [2.75, 3.05) is 14.1 Å². The molecule has 0 saturated carbocycles. The molecule has 1 aliphatic heterocycles. The fraction of sp³-hybridized carbons (Fsp3) is 0.467. The lowest BCUT2D eigenvalue weighted by molar-refractivity contribution is 0.0792. The van der Waals surface area contributed by atoms with Gasteiger partial charge in [-0.05, 0) is 38.5 Å². The van der Waals surface area contributed by atoms with Gasteiger partial charge in [0.15, 0.2) is 0 Å². The Labute approximate surface area is 128 Å². The summed E-state index contributed by atoms with van der Waals surface area (Å²) in [4.78, 5) is -0.178. The molecule has 1 heterocycles. The topological polar surface area (TPSA) is 63.7 Å². The Bertz CT molecular complexity index is 579. The van der Waals surface area contributed by atoms with E-state index in [1.165, 1.54) is 17.7 Å². The standard InChI is InChI=1S/C7H14N2.C7H8O3S.CH4/c1-6-5-8(3)9(4)7(6)2;1-6-2-4-7(5-3-6)11(8,9)10;/h5,7H,1-4H3;2-5H,1H3,(H,8,9,10);1H4/p-1. The van der Waals surface area contributed by atoms with Gasteiger partial charge in [0, 0.05) is 26.3 Å². The largest absolute Gasteiger partial charge is 0.744 e. The van der Waals surface area contributed by atoms with Crippen LogP contribution < -0.4 is 0 Å². The van der Waals surface area contributed by atoms with Crippen molar-refractivity contribution in [3.05, 3.63) is 41.6 Å². The lowest BCUT2D eigenvalue weighted by Crippen LogP contribution is -2.33. The quantitative estimate of drug-likeness (QED) is 0.746. The smallest absolute Gasteiger partial charge is 0.124 e. The van der Waals surface area contributed by atoms with Crippen molar-refractivity contribution in [1.82, 2.24) is 10.0 Å². The summed E-state index contributed by atoms with van der Waals surface area (Å²) in [6.07, 6.45) is 2.16. The summed E-state index contributed by atoms with van der Waals surface area (Å²) in [6, 6.07) is 6.36. The van der Waals surface area contributed by atoms with Gasteiger partial charge < -0.3 is 9.56 Å². The van der Waals surface area contributed by atoms with E-state index in [-0.39, 0.29) is 12.3 Å². The van der Waals surface area contributed by atoms with Crippen LogP contribution in [0.25, 0.3) is 0 Å². The minimum absolute atomic E-state index is 0. The van der Waals surface area contributed by atoms with Gasteiger partial charge in [-0.25, -0.2) is 13.4 Å². The van der Waals surface area contributed by atoms with E-state index in [0.717, 1.165) is 5.56 Å². The van der Waals surface area contributed by atoms with Crippen LogP contribution in [0.3, 0.4) is 0 Å². The van der Waals surface area contributed by atoms with E-state index in [2.05, 4.69) is 44.2 Å². The van der Waals surface area contributed by atoms with E-state index < -0.39 is 10.1 Å². The second-order valence-corrected chi connectivity index (χ2v) is 6.34. The number of benzene rings is 1. The van der Waals surface area contributed by atoms with Crippen LogP contribution in [0.2, 0.25) is 0 Å². The molecule has 120 valence electrons. The van der Waals surface area contributed by atoms with Crippen LogP contribution >= 0.6 is 0 Å². The molecule has 2 rings (SSSR count). The lowest BCUT2D eigenvalue weighted by atomic mass is 10.2. The summed E-state index contributed by atoms with van der Waals surface area (Å²) >= 11 is 0. The van der Waals surface area contributed by atoms with Gasteiger partial charge in [0.1, 0.15) is 10.1 Å². The second kappa shape index (κ2) is 7.59. The molecule has 1 aromatic rings. The van der Waals surface area contributed by atoms with Crippen LogP contribution in [0, 0.1) is 6.92 Å². The van der Waals surface area contributed by atoms with Crippen LogP contribution in [0.15, 0.2) is 40.9 Å². The summed E-state index contributed by atoms with van der Waals surface area (Å²) in [5, 5.41) is 4.31. The van der Waals surface area contributed by atoms with Crippen molar-refractivity contribution >= 4 is 10.1 Å². The van der Waals surface area contributed by atoms with Crippen molar-refractivity contribution < 1.29 is 13.0 Å². The maximum Gasteiger partial charge on any atom is 0.124 e. The van der Waals surface area contributed by atoms with Gasteiger partial charge in [-0.3, -0.25) is 0 Å². The van der Waals surface area contributed by atoms with Crippen LogP contribution in [0.5, 0.6) is 0 Å². The average Bonchev–Trinajstić information content (AvgIpc) is 2.56.